The lowest BCUT2D eigenvalue weighted by molar-refractivity contribution is 0.191. The largest absolute Gasteiger partial charge is 0.334 e. The Bertz CT molecular complexity index is 511. The second kappa shape index (κ2) is 5.48. The van der Waals surface area contributed by atoms with Crippen molar-refractivity contribution in [3.8, 4) is 6.07 Å². The third-order valence-electron chi connectivity index (χ3n) is 2.93. The van der Waals surface area contributed by atoms with Gasteiger partial charge in [-0.2, -0.15) is 9.57 Å². The molecule has 18 heavy (non-hydrogen) atoms. The van der Waals surface area contributed by atoms with E-state index in [0.29, 0.717) is 39.1 Å². The highest BCUT2D eigenvalue weighted by Crippen LogP contribution is 2.13. The van der Waals surface area contributed by atoms with Crippen LogP contribution in [-0.2, 0) is 10.0 Å². The summed E-state index contributed by atoms with van der Waals surface area (Å²) in [7, 11) is -3.49. The van der Waals surface area contributed by atoms with Crippen LogP contribution >= 0.6 is 0 Å². The molecule has 0 amide bonds. The van der Waals surface area contributed by atoms with Gasteiger partial charge in [0.2, 0.25) is 5.16 Å². The van der Waals surface area contributed by atoms with E-state index in [2.05, 4.69) is 20.9 Å². The molecular weight excluding hydrogens is 254 g/mol. The fraction of sp³-hybridized carbons (Fsp3) is 0.600. The minimum absolute atomic E-state index is 0.00650. The smallest absolute Gasteiger partial charge is 0.276 e. The zero-order valence-corrected chi connectivity index (χ0v) is 10.7. The Labute approximate surface area is 106 Å². The third kappa shape index (κ3) is 2.69. The van der Waals surface area contributed by atoms with Crippen LogP contribution in [-0.4, -0.2) is 60.3 Å². The average molecular weight is 269 g/mol. The molecule has 1 aliphatic rings. The van der Waals surface area contributed by atoms with Gasteiger partial charge in [0.1, 0.15) is 0 Å². The van der Waals surface area contributed by atoms with Gasteiger partial charge in [0.25, 0.3) is 10.0 Å². The highest BCUT2D eigenvalue weighted by atomic mass is 32.2. The van der Waals surface area contributed by atoms with E-state index in [1.165, 1.54) is 16.7 Å². The zero-order chi connectivity index (χ0) is 13.0. The van der Waals surface area contributed by atoms with E-state index >= 15 is 0 Å². The monoisotopic (exact) mass is 269 g/mol. The van der Waals surface area contributed by atoms with Gasteiger partial charge in [-0.3, -0.25) is 4.90 Å². The van der Waals surface area contributed by atoms with Crippen molar-refractivity contribution in [2.24, 2.45) is 0 Å². The number of rotatable bonds is 4. The van der Waals surface area contributed by atoms with Crippen molar-refractivity contribution in [1.82, 2.24) is 19.2 Å². The van der Waals surface area contributed by atoms with Crippen LogP contribution in [0.25, 0.3) is 0 Å². The number of imidazole rings is 1. The molecule has 0 aliphatic carbocycles. The number of aromatic amines is 1. The van der Waals surface area contributed by atoms with Crippen LogP contribution in [0.15, 0.2) is 17.6 Å². The molecular formula is C10H15N5O2S. The predicted molar refractivity (Wildman–Crippen MR) is 64.0 cm³/mol. The molecule has 0 unspecified atom stereocenters. The molecule has 1 N–H and O–H groups in total. The van der Waals surface area contributed by atoms with Gasteiger partial charge in [0.05, 0.1) is 6.07 Å². The van der Waals surface area contributed by atoms with Gasteiger partial charge in [-0.25, -0.2) is 13.4 Å². The minimum Gasteiger partial charge on any atom is -0.334 e. The number of nitrogens with zero attached hydrogens (tertiary/aromatic N) is 4. The molecule has 0 bridgehead atoms. The van der Waals surface area contributed by atoms with E-state index in [-0.39, 0.29) is 5.16 Å². The molecule has 0 aromatic carbocycles. The molecule has 2 heterocycles. The number of H-pyrrole nitrogens is 1. The summed E-state index contributed by atoms with van der Waals surface area (Å²) in [6, 6.07) is 2.09. The van der Waals surface area contributed by atoms with Gasteiger partial charge in [-0.1, -0.05) is 0 Å². The van der Waals surface area contributed by atoms with Crippen LogP contribution < -0.4 is 0 Å². The van der Waals surface area contributed by atoms with E-state index in [1.807, 2.05) is 0 Å². The normalized spacial score (nSPS) is 18.6. The first-order chi connectivity index (χ1) is 8.64. The van der Waals surface area contributed by atoms with Gasteiger partial charge in [-0.15, -0.1) is 0 Å². The SMILES string of the molecule is N#CCCN1CCN(S(=O)(=O)c2ncc[nH]2)CC1. The zero-order valence-electron chi connectivity index (χ0n) is 9.91. The van der Waals surface area contributed by atoms with Gasteiger partial charge in [0, 0.05) is 51.5 Å². The van der Waals surface area contributed by atoms with E-state index in [0.717, 1.165) is 0 Å². The number of hydrogen-bond donors (Lipinski definition) is 1. The lowest BCUT2D eigenvalue weighted by Gasteiger charge is -2.32. The summed E-state index contributed by atoms with van der Waals surface area (Å²) in [5.74, 6) is 0. The lowest BCUT2D eigenvalue weighted by Crippen LogP contribution is -2.48. The van der Waals surface area contributed by atoms with Crippen molar-refractivity contribution in [2.75, 3.05) is 32.7 Å². The molecule has 8 heteroatoms. The molecule has 1 aromatic rings. The number of sulfonamides is 1. The van der Waals surface area contributed by atoms with Crippen molar-refractivity contribution in [2.45, 2.75) is 11.6 Å². The maximum atomic E-state index is 12.1. The number of piperazine rings is 1. The van der Waals surface area contributed by atoms with Crippen LogP contribution in [0, 0.1) is 11.3 Å². The van der Waals surface area contributed by atoms with Crippen LogP contribution in [0.4, 0.5) is 0 Å². The van der Waals surface area contributed by atoms with E-state index in [9.17, 15) is 8.42 Å². The Morgan fingerprint density at radius 1 is 1.39 bits per heavy atom. The first-order valence-electron chi connectivity index (χ1n) is 5.73. The van der Waals surface area contributed by atoms with E-state index < -0.39 is 10.0 Å². The fourth-order valence-electron chi connectivity index (χ4n) is 1.92. The third-order valence-corrected chi connectivity index (χ3v) is 4.69. The summed E-state index contributed by atoms with van der Waals surface area (Å²) in [5, 5.41) is 8.50. The van der Waals surface area contributed by atoms with Crippen molar-refractivity contribution in [1.29, 1.82) is 5.26 Å². The number of aromatic nitrogens is 2. The highest BCUT2D eigenvalue weighted by Gasteiger charge is 2.29. The van der Waals surface area contributed by atoms with Crippen molar-refractivity contribution in [3.05, 3.63) is 12.4 Å². The van der Waals surface area contributed by atoms with Crippen molar-refractivity contribution < 1.29 is 8.42 Å². The van der Waals surface area contributed by atoms with E-state index in [1.54, 1.807) is 0 Å². The number of nitrogens with one attached hydrogen (secondary N) is 1. The quantitative estimate of drug-likeness (QED) is 0.805. The minimum atomic E-state index is -3.49. The maximum absolute atomic E-state index is 12.1. The first kappa shape index (κ1) is 13.0. The average Bonchev–Trinajstić information content (AvgIpc) is 2.91. The topological polar surface area (TPSA) is 93.1 Å². The predicted octanol–water partition coefficient (Wildman–Crippen LogP) is -0.370. The molecule has 0 radical (unpaired) electrons. The Hall–Kier alpha value is -1.43. The number of nitriles is 1. The molecule has 1 aromatic heterocycles. The summed E-state index contributed by atoms with van der Waals surface area (Å²) < 4.78 is 25.7. The Morgan fingerprint density at radius 2 is 2.11 bits per heavy atom. The van der Waals surface area contributed by atoms with Gasteiger partial charge < -0.3 is 4.98 Å². The van der Waals surface area contributed by atoms with Crippen LogP contribution in [0.5, 0.6) is 0 Å². The van der Waals surface area contributed by atoms with Gasteiger partial charge in [0.15, 0.2) is 0 Å². The molecule has 0 atom stereocenters. The Balaban J connectivity index is 1.96. The Kier molecular flexibility index (Phi) is 3.96. The number of hydrogen-bond acceptors (Lipinski definition) is 5. The summed E-state index contributed by atoms with van der Waals surface area (Å²) >= 11 is 0. The van der Waals surface area contributed by atoms with Crippen LogP contribution in [0.2, 0.25) is 0 Å². The summed E-state index contributed by atoms with van der Waals surface area (Å²) in [6.07, 6.45) is 3.40. The standard InChI is InChI=1S/C10H15N5O2S/c11-2-1-5-14-6-8-15(9-7-14)18(16,17)10-12-3-4-13-10/h3-4H,1,5-9H2,(H,12,13). The maximum Gasteiger partial charge on any atom is 0.276 e. The first-order valence-corrected chi connectivity index (χ1v) is 7.17. The molecule has 7 nitrogen and oxygen atoms in total. The molecule has 0 saturated carbocycles. The molecule has 0 spiro atoms. The molecule has 1 aliphatic heterocycles. The molecule has 1 saturated heterocycles. The van der Waals surface area contributed by atoms with E-state index in [4.69, 9.17) is 5.26 Å². The second-order valence-electron chi connectivity index (χ2n) is 4.05. The van der Waals surface area contributed by atoms with Gasteiger partial charge in [-0.05, 0) is 0 Å². The summed E-state index contributed by atoms with van der Waals surface area (Å²) in [4.78, 5) is 8.51. The Morgan fingerprint density at radius 3 is 2.67 bits per heavy atom. The fourth-order valence-corrected chi connectivity index (χ4v) is 3.22. The second-order valence-corrected chi connectivity index (χ2v) is 5.90. The molecule has 98 valence electrons. The molecule has 1 fully saturated rings. The van der Waals surface area contributed by atoms with Crippen LogP contribution in [0.1, 0.15) is 6.42 Å². The lowest BCUT2D eigenvalue weighted by atomic mass is 10.3. The van der Waals surface area contributed by atoms with Gasteiger partial charge >= 0.3 is 0 Å². The van der Waals surface area contributed by atoms with Crippen LogP contribution in [0.3, 0.4) is 0 Å². The van der Waals surface area contributed by atoms with Crippen molar-refractivity contribution >= 4 is 10.0 Å². The molecule has 2 rings (SSSR count). The highest BCUT2D eigenvalue weighted by molar-refractivity contribution is 7.88. The summed E-state index contributed by atoms with van der Waals surface area (Å²) in [6.45, 7) is 2.89. The summed E-state index contributed by atoms with van der Waals surface area (Å²) in [5.41, 5.74) is 0. The van der Waals surface area contributed by atoms with Crippen molar-refractivity contribution in [3.63, 3.8) is 0 Å².